The van der Waals surface area contributed by atoms with Gasteiger partial charge in [0, 0.05) is 42.2 Å². The Morgan fingerprint density at radius 3 is 2.42 bits per heavy atom. The first kappa shape index (κ1) is 21.9. The van der Waals surface area contributed by atoms with E-state index < -0.39 is 11.6 Å². The smallest absolute Gasteiger partial charge is 0.230 e. The van der Waals surface area contributed by atoms with E-state index in [4.69, 9.17) is 4.98 Å². The number of anilines is 1. The molecule has 31 heavy (non-hydrogen) atoms. The molecule has 0 unspecified atom stereocenters. The minimum absolute atomic E-state index is 0.0133. The summed E-state index contributed by atoms with van der Waals surface area (Å²) in [6.45, 7) is 7.44. The summed E-state index contributed by atoms with van der Waals surface area (Å²) in [5, 5.41) is 0. The summed E-state index contributed by atoms with van der Waals surface area (Å²) < 4.78 is 27.0. The van der Waals surface area contributed by atoms with Gasteiger partial charge in [-0.15, -0.1) is 0 Å². The van der Waals surface area contributed by atoms with Gasteiger partial charge >= 0.3 is 0 Å². The molecule has 1 aliphatic carbocycles. The number of pyridine rings is 1. The maximum Gasteiger partial charge on any atom is 0.230 e. The number of aromatic nitrogens is 1. The van der Waals surface area contributed by atoms with Crippen molar-refractivity contribution in [1.29, 1.82) is 0 Å². The third-order valence-electron chi connectivity index (χ3n) is 6.79. The van der Waals surface area contributed by atoms with Crippen LogP contribution in [0.15, 0.2) is 30.3 Å². The number of hydrogen-bond acceptors (Lipinski definition) is 3. The number of carbonyl (C=O) groups is 1. The second-order valence-electron chi connectivity index (χ2n) is 9.83. The molecule has 0 N–H and O–H groups in total. The molecule has 4 nitrogen and oxygen atoms in total. The van der Waals surface area contributed by atoms with Gasteiger partial charge in [0.25, 0.3) is 0 Å². The standard InChI is InChI=1S/C25H31F2N3O/c1-16-5-10-22-23(28-16)25(2,3)15-30(22)24(31)18-6-8-21(9-7-18)29(4)14-17-11-19(26)13-20(27)12-17/h5,10-13,18,21H,6-9,14-15H2,1-4H3. The van der Waals surface area contributed by atoms with E-state index in [9.17, 15) is 13.6 Å². The molecule has 6 heteroatoms. The van der Waals surface area contributed by atoms with E-state index in [-0.39, 0.29) is 17.2 Å². The van der Waals surface area contributed by atoms with Crippen molar-refractivity contribution in [2.24, 2.45) is 5.92 Å². The van der Waals surface area contributed by atoms with E-state index >= 15 is 0 Å². The summed E-state index contributed by atoms with van der Waals surface area (Å²) in [6.07, 6.45) is 3.47. The first-order valence-electron chi connectivity index (χ1n) is 11.1. The van der Waals surface area contributed by atoms with Crippen molar-refractivity contribution in [2.45, 2.75) is 64.5 Å². The molecule has 1 aromatic heterocycles. The van der Waals surface area contributed by atoms with Gasteiger partial charge in [-0.05, 0) is 69.5 Å². The normalized spacial score (nSPS) is 22.6. The summed E-state index contributed by atoms with van der Waals surface area (Å²) in [5.41, 5.74) is 3.43. The monoisotopic (exact) mass is 427 g/mol. The molecule has 2 aliphatic rings. The summed E-state index contributed by atoms with van der Waals surface area (Å²) in [7, 11) is 1.99. The van der Waals surface area contributed by atoms with Gasteiger partial charge in [-0.1, -0.05) is 13.8 Å². The first-order chi connectivity index (χ1) is 14.6. The Balaban J connectivity index is 1.38. The lowest BCUT2D eigenvalue weighted by atomic mass is 9.84. The minimum Gasteiger partial charge on any atom is -0.309 e. The van der Waals surface area contributed by atoms with Gasteiger partial charge in [-0.25, -0.2) is 8.78 Å². The van der Waals surface area contributed by atoms with Crippen molar-refractivity contribution in [3.63, 3.8) is 0 Å². The zero-order chi connectivity index (χ0) is 22.3. The van der Waals surface area contributed by atoms with E-state index in [0.717, 1.165) is 48.8 Å². The molecule has 0 saturated heterocycles. The van der Waals surface area contributed by atoms with Crippen LogP contribution < -0.4 is 4.90 Å². The third kappa shape index (κ3) is 4.49. The lowest BCUT2D eigenvalue weighted by Crippen LogP contribution is -2.42. The number of nitrogens with zero attached hydrogens (tertiary/aromatic N) is 3. The van der Waals surface area contributed by atoms with Gasteiger partial charge in [-0.2, -0.15) is 0 Å². The van der Waals surface area contributed by atoms with E-state index in [1.165, 1.54) is 12.1 Å². The molecule has 1 aliphatic heterocycles. The molecule has 1 saturated carbocycles. The highest BCUT2D eigenvalue weighted by atomic mass is 19.1. The van der Waals surface area contributed by atoms with Crippen molar-refractivity contribution in [2.75, 3.05) is 18.5 Å². The molecule has 2 aromatic rings. The highest BCUT2D eigenvalue weighted by Crippen LogP contribution is 2.41. The minimum atomic E-state index is -0.545. The van der Waals surface area contributed by atoms with Crippen molar-refractivity contribution in [3.05, 3.63) is 58.9 Å². The van der Waals surface area contributed by atoms with Gasteiger partial charge in [-0.3, -0.25) is 14.7 Å². The molecular formula is C25H31F2N3O. The van der Waals surface area contributed by atoms with Crippen LogP contribution in [-0.4, -0.2) is 35.4 Å². The Morgan fingerprint density at radius 1 is 1.13 bits per heavy atom. The van der Waals surface area contributed by atoms with Crippen LogP contribution in [0.5, 0.6) is 0 Å². The van der Waals surface area contributed by atoms with E-state index in [0.29, 0.717) is 24.7 Å². The number of fused-ring (bicyclic) bond motifs is 1. The summed E-state index contributed by atoms with van der Waals surface area (Å²) in [6, 6.07) is 7.98. The van der Waals surface area contributed by atoms with Crippen molar-refractivity contribution >= 4 is 11.6 Å². The molecule has 4 rings (SSSR count). The highest BCUT2D eigenvalue weighted by Gasteiger charge is 2.42. The van der Waals surface area contributed by atoms with Crippen molar-refractivity contribution in [3.8, 4) is 0 Å². The number of hydrogen-bond donors (Lipinski definition) is 0. The fourth-order valence-corrected chi connectivity index (χ4v) is 5.12. The van der Waals surface area contributed by atoms with Crippen LogP contribution in [0.3, 0.4) is 0 Å². The molecule has 1 aromatic carbocycles. The number of halogens is 2. The summed E-state index contributed by atoms with van der Waals surface area (Å²) in [5.74, 6) is -0.877. The number of carbonyl (C=O) groups excluding carboxylic acids is 1. The molecular weight excluding hydrogens is 396 g/mol. The Labute approximate surface area is 183 Å². The SMILES string of the molecule is Cc1ccc2c(n1)C(C)(C)CN2C(=O)C1CCC(N(C)Cc2cc(F)cc(F)c2)CC1. The molecule has 166 valence electrons. The zero-order valence-corrected chi connectivity index (χ0v) is 18.8. The average Bonchev–Trinajstić information content (AvgIpc) is 2.97. The third-order valence-corrected chi connectivity index (χ3v) is 6.79. The largest absolute Gasteiger partial charge is 0.309 e. The topological polar surface area (TPSA) is 36.4 Å². The summed E-state index contributed by atoms with van der Waals surface area (Å²) >= 11 is 0. The Kier molecular flexibility index (Phi) is 5.86. The number of benzene rings is 1. The van der Waals surface area contributed by atoms with Crippen LogP contribution in [0.2, 0.25) is 0 Å². The number of rotatable bonds is 4. The van der Waals surface area contributed by atoms with Crippen molar-refractivity contribution < 1.29 is 13.6 Å². The maximum absolute atomic E-state index is 13.5. The summed E-state index contributed by atoms with van der Waals surface area (Å²) in [4.78, 5) is 22.2. The zero-order valence-electron chi connectivity index (χ0n) is 18.8. The van der Waals surface area contributed by atoms with Gasteiger partial charge in [0.05, 0.1) is 11.4 Å². The van der Waals surface area contributed by atoms with Crippen LogP contribution >= 0.6 is 0 Å². The van der Waals surface area contributed by atoms with Crippen LogP contribution in [0.4, 0.5) is 14.5 Å². The van der Waals surface area contributed by atoms with E-state index in [1.54, 1.807) is 0 Å². The van der Waals surface area contributed by atoms with Gasteiger partial charge in [0.2, 0.25) is 5.91 Å². The van der Waals surface area contributed by atoms with E-state index in [2.05, 4.69) is 18.7 Å². The molecule has 0 bridgehead atoms. The second-order valence-corrected chi connectivity index (χ2v) is 9.83. The molecule has 0 atom stereocenters. The lowest BCUT2D eigenvalue weighted by Gasteiger charge is -2.35. The van der Waals surface area contributed by atoms with Gasteiger partial charge in [0.15, 0.2) is 0 Å². The maximum atomic E-state index is 13.5. The van der Waals surface area contributed by atoms with Crippen LogP contribution in [-0.2, 0) is 16.8 Å². The Hall–Kier alpha value is -2.34. The fraction of sp³-hybridized carbons (Fsp3) is 0.520. The molecule has 0 spiro atoms. The van der Waals surface area contributed by atoms with E-state index in [1.807, 2.05) is 31.0 Å². The second kappa shape index (κ2) is 8.30. The van der Waals surface area contributed by atoms with Gasteiger partial charge in [0.1, 0.15) is 11.6 Å². The lowest BCUT2D eigenvalue weighted by molar-refractivity contribution is -0.123. The molecule has 0 radical (unpaired) electrons. The van der Waals surface area contributed by atoms with Crippen LogP contribution in [0, 0.1) is 24.5 Å². The number of amides is 1. The fourth-order valence-electron chi connectivity index (χ4n) is 5.12. The first-order valence-corrected chi connectivity index (χ1v) is 11.1. The predicted octanol–water partition coefficient (Wildman–Crippen LogP) is 4.98. The highest BCUT2D eigenvalue weighted by molar-refractivity contribution is 5.97. The molecule has 2 heterocycles. The molecule has 1 amide bonds. The quantitative estimate of drug-likeness (QED) is 0.690. The van der Waals surface area contributed by atoms with Crippen LogP contribution in [0.1, 0.15) is 56.5 Å². The predicted molar refractivity (Wildman–Crippen MR) is 118 cm³/mol. The number of aryl methyl sites for hydroxylation is 1. The van der Waals surface area contributed by atoms with Crippen molar-refractivity contribution in [1.82, 2.24) is 9.88 Å². The Morgan fingerprint density at radius 2 is 1.77 bits per heavy atom. The van der Waals surface area contributed by atoms with Gasteiger partial charge < -0.3 is 4.90 Å². The Bertz CT molecular complexity index is 962. The molecule has 1 fully saturated rings. The van der Waals surface area contributed by atoms with Crippen LogP contribution in [0.25, 0.3) is 0 Å². The average molecular weight is 428 g/mol.